The molecule has 1 amide bonds. The summed E-state index contributed by atoms with van der Waals surface area (Å²) in [6.45, 7) is 1.39. The normalized spacial score (nSPS) is 25.7. The van der Waals surface area contributed by atoms with Crippen LogP contribution in [0.2, 0.25) is 0 Å². The maximum absolute atomic E-state index is 12.9. The lowest BCUT2D eigenvalue weighted by Crippen LogP contribution is -2.30. The number of hydrogen-bond donors (Lipinski definition) is 1. The van der Waals surface area contributed by atoms with Gasteiger partial charge in [0.15, 0.2) is 5.82 Å². The van der Waals surface area contributed by atoms with Crippen molar-refractivity contribution in [2.75, 3.05) is 13.1 Å². The number of pyridine rings is 1. The number of likely N-dealkylation sites (tertiary alicyclic amines) is 1. The number of aryl methyl sites for hydroxylation is 1. The summed E-state index contributed by atoms with van der Waals surface area (Å²) in [7, 11) is 1.69. The zero-order chi connectivity index (χ0) is 17.8. The smallest absolute Gasteiger partial charge is 0.254 e. The van der Waals surface area contributed by atoms with Crippen molar-refractivity contribution in [1.29, 1.82) is 0 Å². The predicted molar refractivity (Wildman–Crippen MR) is 94.9 cm³/mol. The van der Waals surface area contributed by atoms with Gasteiger partial charge in [-0.05, 0) is 43.6 Å². The Bertz CT molecular complexity index is 909. The van der Waals surface area contributed by atoms with Crippen LogP contribution in [0.4, 0.5) is 0 Å². The molecule has 26 heavy (non-hydrogen) atoms. The highest BCUT2D eigenvalue weighted by Gasteiger charge is 2.46. The van der Waals surface area contributed by atoms with E-state index in [0.717, 1.165) is 18.2 Å². The minimum atomic E-state index is -0.158. The Kier molecular flexibility index (Phi) is 3.52. The average molecular weight is 353 g/mol. The maximum Gasteiger partial charge on any atom is 0.254 e. The van der Waals surface area contributed by atoms with Gasteiger partial charge in [-0.15, -0.1) is 0 Å². The van der Waals surface area contributed by atoms with E-state index in [1.807, 2.05) is 4.90 Å². The molecule has 3 aliphatic rings. The molecule has 7 heteroatoms. The summed E-state index contributed by atoms with van der Waals surface area (Å²) in [5.74, 6) is 3.67. The highest BCUT2D eigenvalue weighted by atomic mass is 16.2. The predicted octanol–water partition coefficient (Wildman–Crippen LogP) is 1.65. The number of hydrogen-bond acceptors (Lipinski definition) is 4. The van der Waals surface area contributed by atoms with Crippen molar-refractivity contribution in [3.63, 3.8) is 0 Å². The molecule has 7 nitrogen and oxygen atoms in total. The second kappa shape index (κ2) is 5.79. The van der Waals surface area contributed by atoms with Gasteiger partial charge in [0, 0.05) is 49.8 Å². The Morgan fingerprint density at radius 2 is 2.04 bits per heavy atom. The first-order valence-electron chi connectivity index (χ1n) is 9.48. The summed E-state index contributed by atoms with van der Waals surface area (Å²) in [5.41, 5.74) is 0.314. The van der Waals surface area contributed by atoms with E-state index < -0.39 is 0 Å². The van der Waals surface area contributed by atoms with Gasteiger partial charge in [0.2, 0.25) is 0 Å². The minimum absolute atomic E-state index is 0.0576. The van der Waals surface area contributed by atoms with Gasteiger partial charge >= 0.3 is 0 Å². The van der Waals surface area contributed by atoms with Crippen molar-refractivity contribution in [2.45, 2.75) is 37.5 Å². The standard InChI is InChI=1S/C19H23N5O2/c1-23-7-6-13(8-16(23)25)19(26)24-9-14(11-2-3-11)15(10-24)18-20-17(21-22-18)12-4-5-12/h6-8,11-12,14-15H,2-5,9-10H2,1H3,(H,20,21,22)/t14-,15+/m1/s1. The quantitative estimate of drug-likeness (QED) is 0.906. The van der Waals surface area contributed by atoms with E-state index in [9.17, 15) is 9.59 Å². The number of nitrogens with zero attached hydrogens (tertiary/aromatic N) is 4. The third-order valence-electron chi connectivity index (χ3n) is 6.04. The molecule has 1 saturated heterocycles. The van der Waals surface area contributed by atoms with Crippen LogP contribution in [0.1, 0.15) is 59.5 Å². The number of aromatic nitrogens is 4. The van der Waals surface area contributed by atoms with Gasteiger partial charge in [0.25, 0.3) is 11.5 Å². The summed E-state index contributed by atoms with van der Waals surface area (Å²) in [4.78, 5) is 31.4. The van der Waals surface area contributed by atoms with Crippen LogP contribution in [0.3, 0.4) is 0 Å². The summed E-state index contributed by atoms with van der Waals surface area (Å²) in [6.07, 6.45) is 6.49. The molecule has 3 fully saturated rings. The lowest BCUT2D eigenvalue weighted by atomic mass is 9.91. The third kappa shape index (κ3) is 2.75. The average Bonchev–Trinajstić information content (AvgIpc) is 3.57. The van der Waals surface area contributed by atoms with E-state index in [-0.39, 0.29) is 17.4 Å². The van der Waals surface area contributed by atoms with Gasteiger partial charge < -0.3 is 9.47 Å². The second-order valence-corrected chi connectivity index (χ2v) is 8.04. The Balaban J connectivity index is 1.39. The molecule has 0 unspecified atom stereocenters. The Hall–Kier alpha value is -2.44. The fourth-order valence-electron chi connectivity index (χ4n) is 4.13. The highest BCUT2D eigenvalue weighted by Crippen LogP contribution is 2.47. The molecule has 2 aromatic heterocycles. The Morgan fingerprint density at radius 1 is 1.23 bits per heavy atom. The largest absolute Gasteiger partial charge is 0.338 e. The van der Waals surface area contributed by atoms with Crippen molar-refractivity contribution in [3.8, 4) is 0 Å². The number of aromatic amines is 1. The van der Waals surface area contributed by atoms with Crippen molar-refractivity contribution in [1.82, 2.24) is 24.6 Å². The molecule has 2 aliphatic carbocycles. The number of nitrogens with one attached hydrogen (secondary N) is 1. The number of carbonyl (C=O) groups excluding carboxylic acids is 1. The zero-order valence-corrected chi connectivity index (χ0v) is 14.9. The monoisotopic (exact) mass is 353 g/mol. The second-order valence-electron chi connectivity index (χ2n) is 8.04. The van der Waals surface area contributed by atoms with Crippen LogP contribution in [0, 0.1) is 11.8 Å². The van der Waals surface area contributed by atoms with Crippen LogP contribution in [0.15, 0.2) is 23.1 Å². The van der Waals surface area contributed by atoms with Crippen LogP contribution in [0.5, 0.6) is 0 Å². The van der Waals surface area contributed by atoms with E-state index in [2.05, 4.69) is 10.2 Å². The summed E-state index contributed by atoms with van der Waals surface area (Å²) in [6, 6.07) is 3.16. The van der Waals surface area contributed by atoms with Crippen molar-refractivity contribution >= 4 is 5.91 Å². The molecular weight excluding hydrogens is 330 g/mol. The molecule has 5 rings (SSSR count). The number of amides is 1. The van der Waals surface area contributed by atoms with E-state index in [4.69, 9.17) is 4.98 Å². The molecule has 0 radical (unpaired) electrons. The van der Waals surface area contributed by atoms with E-state index in [0.29, 0.717) is 29.9 Å². The maximum atomic E-state index is 12.9. The van der Waals surface area contributed by atoms with Gasteiger partial charge in [-0.1, -0.05) is 0 Å². The van der Waals surface area contributed by atoms with E-state index in [1.54, 1.807) is 19.3 Å². The van der Waals surface area contributed by atoms with Crippen LogP contribution < -0.4 is 5.56 Å². The molecule has 1 aliphatic heterocycles. The van der Waals surface area contributed by atoms with Crippen LogP contribution >= 0.6 is 0 Å². The highest BCUT2D eigenvalue weighted by molar-refractivity contribution is 5.94. The fraction of sp³-hybridized carbons (Fsp3) is 0.579. The zero-order valence-electron chi connectivity index (χ0n) is 14.9. The Labute approximate surface area is 151 Å². The van der Waals surface area contributed by atoms with Crippen LogP contribution in [0.25, 0.3) is 0 Å². The molecule has 2 aromatic rings. The van der Waals surface area contributed by atoms with Gasteiger partial charge in [-0.3, -0.25) is 14.7 Å². The van der Waals surface area contributed by atoms with Gasteiger partial charge in [0.1, 0.15) is 5.82 Å². The summed E-state index contributed by atoms with van der Waals surface area (Å²) < 4.78 is 1.48. The molecular formula is C19H23N5O2. The van der Waals surface area contributed by atoms with Crippen LogP contribution in [-0.2, 0) is 7.05 Å². The van der Waals surface area contributed by atoms with Gasteiger partial charge in [-0.2, -0.15) is 5.10 Å². The number of rotatable bonds is 4. The first-order valence-corrected chi connectivity index (χ1v) is 9.48. The van der Waals surface area contributed by atoms with E-state index in [1.165, 1.54) is 36.3 Å². The third-order valence-corrected chi connectivity index (χ3v) is 6.04. The van der Waals surface area contributed by atoms with Gasteiger partial charge in [0.05, 0.1) is 0 Å². The summed E-state index contributed by atoms with van der Waals surface area (Å²) >= 11 is 0. The molecule has 2 atom stereocenters. The number of carbonyl (C=O) groups is 1. The molecule has 0 spiro atoms. The first-order chi connectivity index (χ1) is 12.6. The Morgan fingerprint density at radius 3 is 2.73 bits per heavy atom. The fourth-order valence-corrected chi connectivity index (χ4v) is 4.13. The van der Waals surface area contributed by atoms with E-state index >= 15 is 0 Å². The molecule has 3 heterocycles. The van der Waals surface area contributed by atoms with Gasteiger partial charge in [-0.25, -0.2) is 4.98 Å². The SMILES string of the molecule is Cn1ccc(C(=O)N2C[C@H](c3nc(C4CC4)n[nH]3)[C@@H](C3CC3)C2)cc1=O. The topological polar surface area (TPSA) is 83.9 Å². The van der Waals surface area contributed by atoms with Crippen molar-refractivity contribution in [2.24, 2.45) is 18.9 Å². The first kappa shape index (κ1) is 15.8. The van der Waals surface area contributed by atoms with Crippen molar-refractivity contribution in [3.05, 3.63) is 45.9 Å². The number of H-pyrrole nitrogens is 1. The minimum Gasteiger partial charge on any atom is -0.338 e. The molecule has 1 N–H and O–H groups in total. The lowest BCUT2D eigenvalue weighted by Gasteiger charge is -2.16. The molecule has 0 bridgehead atoms. The van der Waals surface area contributed by atoms with Crippen molar-refractivity contribution < 1.29 is 4.79 Å². The molecule has 2 saturated carbocycles. The lowest BCUT2D eigenvalue weighted by molar-refractivity contribution is 0.0784. The molecule has 0 aromatic carbocycles. The molecule has 136 valence electrons. The summed E-state index contributed by atoms with van der Waals surface area (Å²) in [5, 5.41) is 7.55. The van der Waals surface area contributed by atoms with Crippen LogP contribution in [-0.4, -0.2) is 43.6 Å².